The van der Waals surface area contributed by atoms with Crippen molar-refractivity contribution in [3.05, 3.63) is 0 Å². The van der Waals surface area contributed by atoms with Crippen LogP contribution in [-0.4, -0.2) is 59.9 Å². The summed E-state index contributed by atoms with van der Waals surface area (Å²) >= 11 is 0. The number of amides is 2. The van der Waals surface area contributed by atoms with Crippen LogP contribution in [0.15, 0.2) is 0 Å². The summed E-state index contributed by atoms with van der Waals surface area (Å²) in [5.41, 5.74) is -0.490. The van der Waals surface area contributed by atoms with Gasteiger partial charge in [0.2, 0.25) is 0 Å². The molecular formula is C14H24N2O4. The van der Waals surface area contributed by atoms with Gasteiger partial charge < -0.3 is 19.3 Å². The smallest absolute Gasteiger partial charge is 0.410 e. The highest BCUT2D eigenvalue weighted by atomic mass is 16.6. The van der Waals surface area contributed by atoms with E-state index in [-0.39, 0.29) is 18.2 Å². The lowest BCUT2D eigenvalue weighted by Gasteiger charge is -2.26. The highest BCUT2D eigenvalue weighted by Gasteiger charge is 2.46. The summed E-state index contributed by atoms with van der Waals surface area (Å²) in [6.45, 7) is 9.66. The average molecular weight is 284 g/mol. The lowest BCUT2D eigenvalue weighted by molar-refractivity contribution is 0.0268. The molecule has 0 saturated carbocycles. The van der Waals surface area contributed by atoms with E-state index >= 15 is 0 Å². The average Bonchev–Trinajstić information content (AvgIpc) is 2.85. The van der Waals surface area contributed by atoms with Gasteiger partial charge in [0.1, 0.15) is 5.60 Å². The van der Waals surface area contributed by atoms with E-state index in [1.165, 1.54) is 0 Å². The van der Waals surface area contributed by atoms with E-state index in [2.05, 4.69) is 0 Å². The fourth-order valence-corrected chi connectivity index (χ4v) is 2.87. The zero-order chi connectivity index (χ0) is 14.9. The molecule has 2 amide bonds. The second-order valence-corrected chi connectivity index (χ2v) is 6.39. The van der Waals surface area contributed by atoms with E-state index in [1.54, 1.807) is 16.7 Å². The number of fused-ring (bicyclic) bond motifs is 1. The van der Waals surface area contributed by atoms with Gasteiger partial charge in [0.15, 0.2) is 0 Å². The molecule has 0 aliphatic carbocycles. The van der Waals surface area contributed by atoms with Crippen molar-refractivity contribution in [1.29, 1.82) is 0 Å². The van der Waals surface area contributed by atoms with Gasteiger partial charge in [-0.3, -0.25) is 0 Å². The Bertz CT molecular complexity index is 391. The topological polar surface area (TPSA) is 59.1 Å². The van der Waals surface area contributed by atoms with Crippen molar-refractivity contribution in [2.24, 2.45) is 5.92 Å². The number of rotatable bonds is 1. The van der Waals surface area contributed by atoms with E-state index in [0.717, 1.165) is 13.0 Å². The van der Waals surface area contributed by atoms with Crippen LogP contribution in [0.3, 0.4) is 0 Å². The van der Waals surface area contributed by atoms with Crippen LogP contribution >= 0.6 is 0 Å². The third-order valence-electron chi connectivity index (χ3n) is 3.70. The van der Waals surface area contributed by atoms with Crippen molar-refractivity contribution >= 4 is 12.2 Å². The van der Waals surface area contributed by atoms with Gasteiger partial charge in [-0.15, -0.1) is 0 Å². The van der Waals surface area contributed by atoms with Crippen molar-refractivity contribution in [2.45, 2.75) is 45.8 Å². The maximum absolute atomic E-state index is 12.1. The maximum Gasteiger partial charge on any atom is 0.410 e. The second-order valence-electron chi connectivity index (χ2n) is 6.39. The Hall–Kier alpha value is -1.46. The molecule has 2 atom stereocenters. The number of ether oxygens (including phenoxy) is 2. The molecule has 0 aromatic heterocycles. The molecule has 6 nitrogen and oxygen atoms in total. The molecule has 2 saturated heterocycles. The summed E-state index contributed by atoms with van der Waals surface area (Å²) in [5.74, 6) is 0.340. The standard InChI is InChI=1S/C14H24N2O4/c1-5-19-13(18)16-7-6-10-8-15(9-11(10)16)12(17)20-14(2,3)4/h10-11H,5-9H2,1-4H3. The van der Waals surface area contributed by atoms with Crippen LogP contribution in [0.2, 0.25) is 0 Å². The van der Waals surface area contributed by atoms with Gasteiger partial charge in [0, 0.05) is 25.6 Å². The van der Waals surface area contributed by atoms with Crippen molar-refractivity contribution in [3.8, 4) is 0 Å². The fourth-order valence-electron chi connectivity index (χ4n) is 2.87. The van der Waals surface area contributed by atoms with Crippen molar-refractivity contribution in [2.75, 3.05) is 26.2 Å². The highest BCUT2D eigenvalue weighted by Crippen LogP contribution is 2.32. The summed E-state index contributed by atoms with van der Waals surface area (Å²) in [7, 11) is 0. The minimum atomic E-state index is -0.490. The van der Waals surface area contributed by atoms with Gasteiger partial charge in [0.25, 0.3) is 0 Å². The first-order valence-corrected chi connectivity index (χ1v) is 7.23. The first kappa shape index (κ1) is 14.9. The molecule has 0 radical (unpaired) electrons. The van der Waals surface area contributed by atoms with Gasteiger partial charge in [-0.25, -0.2) is 9.59 Å². The van der Waals surface area contributed by atoms with Crippen molar-refractivity contribution in [1.82, 2.24) is 9.80 Å². The maximum atomic E-state index is 12.1. The molecule has 0 aromatic carbocycles. The fraction of sp³-hybridized carbons (Fsp3) is 0.857. The third kappa shape index (κ3) is 3.16. The molecular weight excluding hydrogens is 260 g/mol. The zero-order valence-corrected chi connectivity index (χ0v) is 12.7. The van der Waals surface area contributed by atoms with Crippen LogP contribution in [0.1, 0.15) is 34.1 Å². The Morgan fingerprint density at radius 3 is 2.50 bits per heavy atom. The van der Waals surface area contributed by atoms with Gasteiger partial charge in [0.05, 0.1) is 12.6 Å². The predicted octanol–water partition coefficient (Wildman–Crippen LogP) is 2.08. The van der Waals surface area contributed by atoms with Crippen LogP contribution in [0, 0.1) is 5.92 Å². The Morgan fingerprint density at radius 1 is 1.20 bits per heavy atom. The molecule has 2 rings (SSSR count). The number of carbonyl (C=O) groups is 2. The normalized spacial score (nSPS) is 25.6. The van der Waals surface area contributed by atoms with Crippen LogP contribution < -0.4 is 0 Å². The van der Waals surface area contributed by atoms with Crippen molar-refractivity contribution < 1.29 is 19.1 Å². The molecule has 0 bridgehead atoms. The predicted molar refractivity (Wildman–Crippen MR) is 73.4 cm³/mol. The molecule has 2 aliphatic rings. The first-order chi connectivity index (χ1) is 9.31. The molecule has 2 unspecified atom stereocenters. The quantitative estimate of drug-likeness (QED) is 0.739. The Kier molecular flexibility index (Phi) is 4.11. The second kappa shape index (κ2) is 5.50. The molecule has 0 aromatic rings. The van der Waals surface area contributed by atoms with Crippen LogP contribution in [0.4, 0.5) is 9.59 Å². The molecule has 2 heterocycles. The van der Waals surface area contributed by atoms with E-state index in [0.29, 0.717) is 25.6 Å². The minimum absolute atomic E-state index is 0.0709. The summed E-state index contributed by atoms with van der Waals surface area (Å²) in [6, 6.07) is 0.0709. The van der Waals surface area contributed by atoms with Crippen LogP contribution in [0.5, 0.6) is 0 Å². The van der Waals surface area contributed by atoms with E-state index in [9.17, 15) is 9.59 Å². The molecule has 20 heavy (non-hydrogen) atoms. The molecule has 6 heteroatoms. The SMILES string of the molecule is CCOC(=O)N1CCC2CN(C(=O)OC(C)(C)C)CC21. The lowest BCUT2D eigenvalue weighted by Crippen LogP contribution is -2.42. The number of likely N-dealkylation sites (tertiary alicyclic amines) is 2. The summed E-state index contributed by atoms with van der Waals surface area (Å²) in [5, 5.41) is 0. The number of hydrogen-bond donors (Lipinski definition) is 0. The van der Waals surface area contributed by atoms with Gasteiger partial charge in [-0.2, -0.15) is 0 Å². The monoisotopic (exact) mass is 284 g/mol. The molecule has 0 N–H and O–H groups in total. The van der Waals surface area contributed by atoms with E-state index in [1.807, 2.05) is 20.8 Å². The molecule has 0 spiro atoms. The number of nitrogens with zero attached hydrogens (tertiary/aromatic N) is 2. The van der Waals surface area contributed by atoms with E-state index in [4.69, 9.17) is 9.47 Å². The summed E-state index contributed by atoms with van der Waals surface area (Å²) in [4.78, 5) is 27.4. The van der Waals surface area contributed by atoms with E-state index < -0.39 is 5.60 Å². The summed E-state index contributed by atoms with van der Waals surface area (Å²) in [6.07, 6.45) is 0.352. The Morgan fingerprint density at radius 2 is 1.90 bits per heavy atom. The Labute approximate surface area is 120 Å². The number of carbonyl (C=O) groups excluding carboxylic acids is 2. The van der Waals surface area contributed by atoms with Crippen LogP contribution in [0.25, 0.3) is 0 Å². The van der Waals surface area contributed by atoms with Crippen molar-refractivity contribution in [3.63, 3.8) is 0 Å². The largest absolute Gasteiger partial charge is 0.450 e. The minimum Gasteiger partial charge on any atom is -0.450 e. The molecule has 2 aliphatic heterocycles. The van der Waals surface area contributed by atoms with Gasteiger partial charge in [-0.05, 0) is 34.1 Å². The highest BCUT2D eigenvalue weighted by molar-refractivity contribution is 5.71. The molecule has 114 valence electrons. The zero-order valence-electron chi connectivity index (χ0n) is 12.7. The van der Waals surface area contributed by atoms with Crippen LogP contribution in [-0.2, 0) is 9.47 Å². The molecule has 2 fully saturated rings. The third-order valence-corrected chi connectivity index (χ3v) is 3.70. The first-order valence-electron chi connectivity index (χ1n) is 7.23. The van der Waals surface area contributed by atoms with Gasteiger partial charge in [-0.1, -0.05) is 0 Å². The van der Waals surface area contributed by atoms with Gasteiger partial charge >= 0.3 is 12.2 Å². The lowest BCUT2D eigenvalue weighted by atomic mass is 10.1. The Balaban J connectivity index is 1.95. The summed E-state index contributed by atoms with van der Waals surface area (Å²) < 4.78 is 10.4. The number of hydrogen-bond acceptors (Lipinski definition) is 4.